The molecule has 0 saturated carbocycles. The number of aliphatic hydroxyl groups excluding tert-OH is 1. The van der Waals surface area contributed by atoms with E-state index < -0.39 is 22.4 Å². The lowest BCUT2D eigenvalue weighted by molar-refractivity contribution is -0.138. The van der Waals surface area contributed by atoms with Crippen LogP contribution in [-0.4, -0.2) is 20.3 Å². The summed E-state index contributed by atoms with van der Waals surface area (Å²) in [6.45, 7) is 3.53. The number of nitrogens with two attached hydrogens (primary N) is 1. The smallest absolute Gasteiger partial charge is 0.416 e. The van der Waals surface area contributed by atoms with Crippen molar-refractivity contribution in [3.63, 3.8) is 0 Å². The minimum Gasteiger partial charge on any atom is -0.416 e. The van der Waals surface area contributed by atoms with Crippen LogP contribution in [0.4, 0.5) is 18.9 Å². The standard InChI is InChI=1S/C13H12BrF3N4O2/c1-2-3-4-8(22)11-20-21-12(23-11)9-7(18)5-6(10(14)19-9)13(15,16)17/h2,5,8,22H,1,3-4,18H2. The highest BCUT2D eigenvalue weighted by Gasteiger charge is 2.35. The number of hydrogen-bond acceptors (Lipinski definition) is 6. The predicted molar refractivity (Wildman–Crippen MR) is 79.0 cm³/mol. The molecule has 10 heteroatoms. The molecule has 0 fully saturated rings. The van der Waals surface area contributed by atoms with Crippen molar-refractivity contribution in [2.45, 2.75) is 25.1 Å². The number of rotatable bonds is 5. The molecule has 6 nitrogen and oxygen atoms in total. The van der Waals surface area contributed by atoms with Crippen LogP contribution in [0.25, 0.3) is 11.6 Å². The van der Waals surface area contributed by atoms with Gasteiger partial charge in [-0.25, -0.2) is 4.98 Å². The van der Waals surface area contributed by atoms with Crippen LogP contribution in [-0.2, 0) is 6.18 Å². The van der Waals surface area contributed by atoms with Crippen molar-refractivity contribution < 1.29 is 22.7 Å². The zero-order valence-corrected chi connectivity index (χ0v) is 13.2. The fraction of sp³-hybridized carbons (Fsp3) is 0.308. The number of nitrogens with zero attached hydrogens (tertiary/aromatic N) is 3. The van der Waals surface area contributed by atoms with Gasteiger partial charge in [0.05, 0.1) is 11.3 Å². The number of pyridine rings is 1. The molecule has 2 rings (SSSR count). The Morgan fingerprint density at radius 3 is 2.74 bits per heavy atom. The average molecular weight is 393 g/mol. The highest BCUT2D eigenvalue weighted by atomic mass is 79.9. The summed E-state index contributed by atoms with van der Waals surface area (Å²) in [6.07, 6.45) is -3.13. The van der Waals surface area contributed by atoms with Gasteiger partial charge in [-0.2, -0.15) is 13.2 Å². The fourth-order valence-corrected chi connectivity index (χ4v) is 2.26. The topological polar surface area (TPSA) is 98.1 Å². The Labute approximate surface area is 137 Å². The Hall–Kier alpha value is -1.94. The largest absolute Gasteiger partial charge is 0.419 e. The average Bonchev–Trinajstić information content (AvgIpc) is 2.95. The van der Waals surface area contributed by atoms with Gasteiger partial charge in [0.2, 0.25) is 5.89 Å². The maximum atomic E-state index is 12.8. The third kappa shape index (κ3) is 3.88. The third-order valence-electron chi connectivity index (χ3n) is 2.88. The van der Waals surface area contributed by atoms with Crippen molar-refractivity contribution in [3.05, 3.63) is 34.8 Å². The SMILES string of the molecule is C=CCCC(O)c1nnc(-c2nc(Br)c(C(F)(F)F)cc2N)o1. The van der Waals surface area contributed by atoms with Crippen molar-refractivity contribution in [3.8, 4) is 11.6 Å². The van der Waals surface area contributed by atoms with Gasteiger partial charge in [0.1, 0.15) is 10.7 Å². The quantitative estimate of drug-likeness (QED) is 0.596. The molecule has 0 aliphatic rings. The number of allylic oxidation sites excluding steroid dienone is 1. The summed E-state index contributed by atoms with van der Waals surface area (Å²) in [7, 11) is 0. The minimum atomic E-state index is -4.60. The van der Waals surface area contributed by atoms with Crippen molar-refractivity contribution >= 4 is 21.6 Å². The van der Waals surface area contributed by atoms with Gasteiger partial charge in [0.15, 0.2) is 5.69 Å². The summed E-state index contributed by atoms with van der Waals surface area (Å²) in [6, 6.07) is 0.727. The predicted octanol–water partition coefficient (Wildman–Crippen LogP) is 3.49. The molecule has 0 spiro atoms. The van der Waals surface area contributed by atoms with Gasteiger partial charge in [-0.1, -0.05) is 6.08 Å². The van der Waals surface area contributed by atoms with Gasteiger partial charge < -0.3 is 15.3 Å². The molecule has 0 saturated heterocycles. The Balaban J connectivity index is 2.35. The molecule has 1 unspecified atom stereocenters. The second kappa shape index (κ2) is 6.67. The van der Waals surface area contributed by atoms with E-state index in [2.05, 4.69) is 37.7 Å². The summed E-state index contributed by atoms with van der Waals surface area (Å²) in [5, 5.41) is 17.1. The number of anilines is 1. The van der Waals surface area contributed by atoms with Gasteiger partial charge >= 0.3 is 6.18 Å². The Bertz CT molecular complexity index is 718. The van der Waals surface area contributed by atoms with Crippen molar-refractivity contribution in [1.82, 2.24) is 15.2 Å². The number of hydrogen-bond donors (Lipinski definition) is 2. The van der Waals surface area contributed by atoms with E-state index in [-0.39, 0.29) is 23.2 Å². The van der Waals surface area contributed by atoms with Crippen LogP contribution < -0.4 is 5.73 Å². The van der Waals surface area contributed by atoms with E-state index >= 15 is 0 Å². The monoisotopic (exact) mass is 392 g/mol. The zero-order chi connectivity index (χ0) is 17.2. The van der Waals surface area contributed by atoms with Crippen molar-refractivity contribution in [1.29, 1.82) is 0 Å². The van der Waals surface area contributed by atoms with E-state index in [4.69, 9.17) is 10.2 Å². The second-order valence-electron chi connectivity index (χ2n) is 4.59. The maximum absolute atomic E-state index is 12.8. The first-order valence-corrected chi connectivity index (χ1v) is 7.19. The van der Waals surface area contributed by atoms with E-state index in [1.807, 2.05) is 0 Å². The lowest BCUT2D eigenvalue weighted by atomic mass is 10.2. The molecule has 0 amide bonds. The molecule has 2 aromatic rings. The minimum absolute atomic E-state index is 0.0703. The van der Waals surface area contributed by atoms with Gasteiger partial charge in [0, 0.05) is 0 Å². The number of aromatic nitrogens is 3. The first kappa shape index (κ1) is 17.4. The maximum Gasteiger partial charge on any atom is 0.419 e. The van der Waals surface area contributed by atoms with Crippen LogP contribution in [0.3, 0.4) is 0 Å². The highest BCUT2D eigenvalue weighted by Crippen LogP contribution is 2.37. The summed E-state index contributed by atoms with van der Waals surface area (Å²) >= 11 is 2.75. The molecule has 0 bridgehead atoms. The molecule has 0 aliphatic heterocycles. The van der Waals surface area contributed by atoms with Gasteiger partial charge in [-0.3, -0.25) is 0 Å². The lowest BCUT2D eigenvalue weighted by Crippen LogP contribution is -2.09. The molecular weight excluding hydrogens is 381 g/mol. The number of aliphatic hydroxyl groups is 1. The molecule has 124 valence electrons. The van der Waals surface area contributed by atoms with E-state index in [0.717, 1.165) is 6.07 Å². The molecule has 2 aromatic heterocycles. The van der Waals surface area contributed by atoms with E-state index in [0.29, 0.717) is 12.8 Å². The van der Waals surface area contributed by atoms with Crippen LogP contribution in [0.5, 0.6) is 0 Å². The summed E-state index contributed by atoms with van der Waals surface area (Å²) < 4.78 is 43.1. The summed E-state index contributed by atoms with van der Waals surface area (Å²) in [5.74, 6) is -0.247. The third-order valence-corrected chi connectivity index (χ3v) is 3.49. The molecule has 0 aliphatic carbocycles. The molecule has 0 radical (unpaired) electrons. The number of nitrogen functional groups attached to an aromatic ring is 1. The zero-order valence-electron chi connectivity index (χ0n) is 11.6. The molecule has 0 aromatic carbocycles. The van der Waals surface area contributed by atoms with E-state index in [1.165, 1.54) is 0 Å². The van der Waals surface area contributed by atoms with E-state index in [1.54, 1.807) is 6.08 Å². The lowest BCUT2D eigenvalue weighted by Gasteiger charge is -2.10. The number of halogens is 4. The van der Waals surface area contributed by atoms with Crippen molar-refractivity contribution in [2.75, 3.05) is 5.73 Å². The van der Waals surface area contributed by atoms with Crippen LogP contribution >= 0.6 is 15.9 Å². The van der Waals surface area contributed by atoms with Crippen LogP contribution in [0.1, 0.15) is 30.4 Å². The fourth-order valence-electron chi connectivity index (χ4n) is 1.74. The first-order valence-electron chi connectivity index (χ1n) is 6.40. The van der Waals surface area contributed by atoms with Crippen LogP contribution in [0.2, 0.25) is 0 Å². The van der Waals surface area contributed by atoms with Crippen LogP contribution in [0.15, 0.2) is 27.7 Å². The second-order valence-corrected chi connectivity index (χ2v) is 5.34. The molecule has 1 atom stereocenters. The normalized spacial score (nSPS) is 13.1. The molecule has 3 N–H and O–H groups in total. The summed E-state index contributed by atoms with van der Waals surface area (Å²) in [4.78, 5) is 3.72. The van der Waals surface area contributed by atoms with Crippen molar-refractivity contribution in [2.24, 2.45) is 0 Å². The van der Waals surface area contributed by atoms with Gasteiger partial charge in [-0.15, -0.1) is 16.8 Å². The van der Waals surface area contributed by atoms with Gasteiger partial charge in [-0.05, 0) is 34.8 Å². The van der Waals surface area contributed by atoms with Gasteiger partial charge in [0.25, 0.3) is 5.89 Å². The molecule has 2 heterocycles. The summed E-state index contributed by atoms with van der Waals surface area (Å²) in [5.41, 5.74) is 4.22. The van der Waals surface area contributed by atoms with E-state index in [9.17, 15) is 18.3 Å². The Kier molecular flexibility index (Phi) is 5.05. The number of alkyl halides is 3. The first-order chi connectivity index (χ1) is 10.7. The Morgan fingerprint density at radius 1 is 1.43 bits per heavy atom. The van der Waals surface area contributed by atoms with Crippen LogP contribution in [0, 0.1) is 0 Å². The Morgan fingerprint density at radius 2 is 2.13 bits per heavy atom. The molecule has 23 heavy (non-hydrogen) atoms. The molecular formula is C13H12BrF3N4O2. The highest BCUT2D eigenvalue weighted by molar-refractivity contribution is 9.10.